The molecule has 0 bridgehead atoms. The Bertz CT molecular complexity index is 402. The van der Waals surface area contributed by atoms with E-state index in [0.29, 0.717) is 5.56 Å². The van der Waals surface area contributed by atoms with E-state index in [1.165, 1.54) is 19.2 Å². The number of carbonyl (C=O) groups excluding carboxylic acids is 1. The van der Waals surface area contributed by atoms with Crippen molar-refractivity contribution >= 4 is 5.97 Å². The molecule has 0 heterocycles. The van der Waals surface area contributed by atoms with Gasteiger partial charge in [-0.25, -0.2) is 4.79 Å². The molecule has 0 amide bonds. The first-order valence-electron chi connectivity index (χ1n) is 4.54. The Balaban J connectivity index is 3.30. The standard InChI is InChI=1S/C11H12F2O3/c1-7-4-5-9(15-2)8(6-7)11(12,13)10(14)16-3/h4-6H,1-3H3. The summed E-state index contributed by atoms with van der Waals surface area (Å²) in [5, 5.41) is 0. The van der Waals surface area contributed by atoms with E-state index in [2.05, 4.69) is 4.74 Å². The van der Waals surface area contributed by atoms with Crippen molar-refractivity contribution in [1.29, 1.82) is 0 Å². The molecule has 0 aliphatic heterocycles. The van der Waals surface area contributed by atoms with Crippen molar-refractivity contribution in [1.82, 2.24) is 0 Å². The van der Waals surface area contributed by atoms with Gasteiger partial charge in [-0.15, -0.1) is 0 Å². The predicted molar refractivity (Wildman–Crippen MR) is 53.6 cm³/mol. The van der Waals surface area contributed by atoms with Crippen LogP contribution >= 0.6 is 0 Å². The van der Waals surface area contributed by atoms with Gasteiger partial charge in [0.25, 0.3) is 0 Å². The maximum atomic E-state index is 13.6. The van der Waals surface area contributed by atoms with Gasteiger partial charge in [0.1, 0.15) is 5.75 Å². The lowest BCUT2D eigenvalue weighted by atomic mass is 10.0. The van der Waals surface area contributed by atoms with Crippen molar-refractivity contribution in [3.63, 3.8) is 0 Å². The van der Waals surface area contributed by atoms with Crippen LogP contribution < -0.4 is 4.74 Å². The molecule has 0 N–H and O–H groups in total. The molecule has 0 radical (unpaired) electrons. The van der Waals surface area contributed by atoms with Crippen LogP contribution in [-0.4, -0.2) is 20.2 Å². The number of halogens is 2. The number of alkyl halides is 2. The van der Waals surface area contributed by atoms with Crippen LogP contribution in [0.5, 0.6) is 5.75 Å². The molecule has 0 aromatic heterocycles. The number of esters is 1. The molecule has 0 fully saturated rings. The van der Waals surface area contributed by atoms with E-state index in [4.69, 9.17) is 4.74 Å². The molecule has 0 saturated carbocycles. The number of hydrogen-bond acceptors (Lipinski definition) is 3. The van der Waals surface area contributed by atoms with Crippen LogP contribution in [0.25, 0.3) is 0 Å². The van der Waals surface area contributed by atoms with Crippen molar-refractivity contribution in [2.45, 2.75) is 12.8 Å². The smallest absolute Gasteiger partial charge is 0.381 e. The average Bonchev–Trinajstić information content (AvgIpc) is 2.27. The second kappa shape index (κ2) is 4.47. The Morgan fingerprint density at radius 2 is 1.94 bits per heavy atom. The monoisotopic (exact) mass is 230 g/mol. The molecule has 3 nitrogen and oxygen atoms in total. The maximum Gasteiger partial charge on any atom is 0.381 e. The Labute approximate surface area is 92.0 Å². The lowest BCUT2D eigenvalue weighted by Gasteiger charge is -2.17. The fraction of sp³-hybridized carbons (Fsp3) is 0.364. The molecule has 1 rings (SSSR count). The van der Waals surface area contributed by atoms with Gasteiger partial charge in [-0.2, -0.15) is 8.78 Å². The largest absolute Gasteiger partial charge is 0.496 e. The Morgan fingerprint density at radius 3 is 2.44 bits per heavy atom. The minimum atomic E-state index is -3.70. The molecule has 0 aliphatic rings. The molecule has 0 spiro atoms. The van der Waals surface area contributed by atoms with E-state index in [0.717, 1.165) is 7.11 Å². The molecular formula is C11H12F2O3. The van der Waals surface area contributed by atoms with Crippen LogP contribution in [-0.2, 0) is 15.5 Å². The Morgan fingerprint density at radius 1 is 1.31 bits per heavy atom. The van der Waals surface area contributed by atoms with Gasteiger partial charge >= 0.3 is 11.9 Å². The number of benzene rings is 1. The van der Waals surface area contributed by atoms with Crippen LogP contribution in [0, 0.1) is 6.92 Å². The molecule has 16 heavy (non-hydrogen) atoms. The summed E-state index contributed by atoms with van der Waals surface area (Å²) in [7, 11) is 2.18. The van der Waals surface area contributed by atoms with Gasteiger partial charge in [0, 0.05) is 0 Å². The van der Waals surface area contributed by atoms with E-state index in [9.17, 15) is 13.6 Å². The van der Waals surface area contributed by atoms with Crippen LogP contribution in [0.4, 0.5) is 8.78 Å². The molecular weight excluding hydrogens is 218 g/mol. The third-order valence-corrected chi connectivity index (χ3v) is 2.14. The summed E-state index contributed by atoms with van der Waals surface area (Å²) < 4.78 is 36.1. The maximum absolute atomic E-state index is 13.6. The summed E-state index contributed by atoms with van der Waals surface area (Å²) in [6.45, 7) is 1.65. The summed E-state index contributed by atoms with van der Waals surface area (Å²) in [5.41, 5.74) is 0.126. The van der Waals surface area contributed by atoms with Gasteiger partial charge in [0.15, 0.2) is 0 Å². The highest BCUT2D eigenvalue weighted by Crippen LogP contribution is 2.36. The highest BCUT2D eigenvalue weighted by atomic mass is 19.3. The van der Waals surface area contributed by atoms with Gasteiger partial charge in [0.05, 0.1) is 19.8 Å². The van der Waals surface area contributed by atoms with Gasteiger partial charge in [0.2, 0.25) is 0 Å². The van der Waals surface area contributed by atoms with Crippen LogP contribution in [0.1, 0.15) is 11.1 Å². The van der Waals surface area contributed by atoms with Crippen molar-refractivity contribution in [2.75, 3.05) is 14.2 Å². The fourth-order valence-electron chi connectivity index (χ4n) is 1.31. The minimum Gasteiger partial charge on any atom is -0.496 e. The lowest BCUT2D eigenvalue weighted by molar-refractivity contribution is -0.170. The lowest BCUT2D eigenvalue weighted by Crippen LogP contribution is -2.27. The Hall–Kier alpha value is -1.65. The van der Waals surface area contributed by atoms with Crippen molar-refractivity contribution < 1.29 is 23.0 Å². The first-order valence-corrected chi connectivity index (χ1v) is 4.54. The number of rotatable bonds is 3. The molecule has 5 heteroatoms. The topological polar surface area (TPSA) is 35.5 Å². The summed E-state index contributed by atoms with van der Waals surface area (Å²) in [5.74, 6) is -5.34. The van der Waals surface area contributed by atoms with Crippen LogP contribution in [0.2, 0.25) is 0 Å². The normalized spacial score (nSPS) is 11.1. The quantitative estimate of drug-likeness (QED) is 0.747. The van der Waals surface area contributed by atoms with Crippen molar-refractivity contribution in [3.05, 3.63) is 29.3 Å². The molecule has 0 saturated heterocycles. The van der Waals surface area contributed by atoms with Gasteiger partial charge < -0.3 is 9.47 Å². The highest BCUT2D eigenvalue weighted by Gasteiger charge is 2.44. The van der Waals surface area contributed by atoms with E-state index in [1.54, 1.807) is 13.0 Å². The number of methoxy groups -OCH3 is 2. The first-order chi connectivity index (χ1) is 7.43. The average molecular weight is 230 g/mol. The molecule has 0 unspecified atom stereocenters. The number of hydrogen-bond donors (Lipinski definition) is 0. The third kappa shape index (κ3) is 2.13. The number of carbonyl (C=O) groups is 1. The zero-order valence-electron chi connectivity index (χ0n) is 9.21. The zero-order chi connectivity index (χ0) is 12.3. The zero-order valence-corrected chi connectivity index (χ0v) is 9.21. The van der Waals surface area contributed by atoms with Gasteiger partial charge in [-0.3, -0.25) is 0 Å². The molecule has 1 aromatic rings. The van der Waals surface area contributed by atoms with E-state index >= 15 is 0 Å². The summed E-state index contributed by atoms with van der Waals surface area (Å²) in [4.78, 5) is 11.0. The number of aryl methyl sites for hydroxylation is 1. The second-order valence-electron chi connectivity index (χ2n) is 3.27. The van der Waals surface area contributed by atoms with E-state index < -0.39 is 17.5 Å². The summed E-state index contributed by atoms with van der Waals surface area (Å²) >= 11 is 0. The molecule has 1 aromatic carbocycles. The first kappa shape index (κ1) is 12.4. The summed E-state index contributed by atoms with van der Waals surface area (Å²) in [6, 6.07) is 4.22. The molecule has 88 valence electrons. The fourth-order valence-corrected chi connectivity index (χ4v) is 1.31. The predicted octanol–water partition coefficient (Wildman–Crippen LogP) is 2.27. The second-order valence-corrected chi connectivity index (χ2v) is 3.27. The number of ether oxygens (including phenoxy) is 2. The van der Waals surface area contributed by atoms with Crippen LogP contribution in [0.15, 0.2) is 18.2 Å². The Kier molecular flexibility index (Phi) is 3.47. The van der Waals surface area contributed by atoms with Gasteiger partial charge in [-0.05, 0) is 19.1 Å². The van der Waals surface area contributed by atoms with E-state index in [1.807, 2.05) is 0 Å². The van der Waals surface area contributed by atoms with Crippen molar-refractivity contribution in [2.24, 2.45) is 0 Å². The SMILES string of the molecule is COC(=O)C(F)(F)c1cc(C)ccc1OC. The highest BCUT2D eigenvalue weighted by molar-refractivity contribution is 5.80. The van der Waals surface area contributed by atoms with Gasteiger partial charge in [-0.1, -0.05) is 11.6 Å². The van der Waals surface area contributed by atoms with Crippen molar-refractivity contribution in [3.8, 4) is 5.75 Å². The van der Waals surface area contributed by atoms with Crippen LogP contribution in [0.3, 0.4) is 0 Å². The van der Waals surface area contributed by atoms with E-state index in [-0.39, 0.29) is 5.75 Å². The molecule has 0 aliphatic carbocycles. The molecule has 0 atom stereocenters. The summed E-state index contributed by atoms with van der Waals surface area (Å²) in [6.07, 6.45) is 0. The third-order valence-electron chi connectivity index (χ3n) is 2.14. The minimum absolute atomic E-state index is 0.0407.